The van der Waals surface area contributed by atoms with E-state index in [0.29, 0.717) is 31.4 Å². The summed E-state index contributed by atoms with van der Waals surface area (Å²) in [4.78, 5) is 9.08. The van der Waals surface area contributed by atoms with Crippen molar-refractivity contribution in [3.8, 4) is 0 Å². The van der Waals surface area contributed by atoms with Crippen molar-refractivity contribution in [3.05, 3.63) is 18.0 Å². The second-order valence-electron chi connectivity index (χ2n) is 7.30. The van der Waals surface area contributed by atoms with Gasteiger partial charge in [-0.15, -0.1) is 0 Å². The molecule has 0 bridgehead atoms. The molecule has 0 aromatic carbocycles. The molecule has 0 radical (unpaired) electrons. The van der Waals surface area contributed by atoms with Crippen LogP contribution in [0.2, 0.25) is 0 Å². The van der Waals surface area contributed by atoms with Crippen molar-refractivity contribution in [3.63, 3.8) is 0 Å². The lowest BCUT2D eigenvalue weighted by Crippen LogP contribution is -2.40. The van der Waals surface area contributed by atoms with Gasteiger partial charge in [0, 0.05) is 36.9 Å². The molecule has 140 valence electrons. The van der Waals surface area contributed by atoms with Gasteiger partial charge < -0.3 is 5.32 Å². The predicted molar refractivity (Wildman–Crippen MR) is 100 cm³/mol. The van der Waals surface area contributed by atoms with Crippen molar-refractivity contribution < 1.29 is 8.42 Å². The summed E-state index contributed by atoms with van der Waals surface area (Å²) in [6.45, 7) is 3.05. The van der Waals surface area contributed by atoms with Crippen LogP contribution in [-0.4, -0.2) is 47.6 Å². The molecule has 0 unspecified atom stereocenters. The van der Waals surface area contributed by atoms with E-state index in [4.69, 9.17) is 4.98 Å². The summed E-state index contributed by atoms with van der Waals surface area (Å²) in [5, 5.41) is 3.40. The fourth-order valence-electron chi connectivity index (χ4n) is 3.94. The Morgan fingerprint density at radius 2 is 1.96 bits per heavy atom. The third-order valence-corrected chi connectivity index (χ3v) is 7.32. The number of hydrogen-bond donors (Lipinski definition) is 1. The molecule has 6 nitrogen and oxygen atoms in total. The van der Waals surface area contributed by atoms with Crippen molar-refractivity contribution in [1.29, 1.82) is 0 Å². The lowest BCUT2D eigenvalue weighted by Gasteiger charge is -2.24. The minimum atomic E-state index is -3.15. The zero-order valence-electron chi connectivity index (χ0n) is 15.2. The molecule has 1 atom stereocenters. The number of aromatic nitrogens is 2. The Hall–Kier alpha value is -1.21. The summed E-state index contributed by atoms with van der Waals surface area (Å²) in [6.07, 6.45) is 10.4. The fraction of sp³-hybridized carbons (Fsp3) is 0.778. The van der Waals surface area contributed by atoms with Gasteiger partial charge in [-0.25, -0.2) is 18.4 Å². The van der Waals surface area contributed by atoms with Crippen LogP contribution < -0.4 is 5.32 Å². The Balaban J connectivity index is 1.67. The van der Waals surface area contributed by atoms with E-state index in [1.54, 1.807) is 4.31 Å². The first-order valence-corrected chi connectivity index (χ1v) is 11.3. The van der Waals surface area contributed by atoms with Crippen LogP contribution in [0.15, 0.2) is 12.3 Å². The molecule has 2 fully saturated rings. The van der Waals surface area contributed by atoms with E-state index in [9.17, 15) is 8.42 Å². The number of nitrogens with zero attached hydrogens (tertiary/aromatic N) is 3. The molecule has 1 N–H and O–H groups in total. The fourth-order valence-corrected chi connectivity index (χ4v) is 5.53. The van der Waals surface area contributed by atoms with Crippen molar-refractivity contribution in [2.24, 2.45) is 0 Å². The molecule has 0 spiro atoms. The lowest BCUT2D eigenvalue weighted by atomic mass is 10.0. The van der Waals surface area contributed by atoms with Gasteiger partial charge in [-0.3, -0.25) is 0 Å². The molecule has 3 rings (SSSR count). The highest BCUT2D eigenvalue weighted by Gasteiger charge is 2.27. The van der Waals surface area contributed by atoms with Crippen molar-refractivity contribution in [2.45, 2.75) is 70.3 Å². The van der Waals surface area contributed by atoms with Gasteiger partial charge in [-0.1, -0.05) is 26.2 Å². The third-order valence-electron chi connectivity index (χ3n) is 5.27. The summed E-state index contributed by atoms with van der Waals surface area (Å²) < 4.78 is 26.5. The smallest absolute Gasteiger partial charge is 0.223 e. The van der Waals surface area contributed by atoms with E-state index in [-0.39, 0.29) is 11.8 Å². The summed E-state index contributed by atoms with van der Waals surface area (Å²) in [6, 6.07) is 2.10. The van der Waals surface area contributed by atoms with Gasteiger partial charge in [-0.2, -0.15) is 4.31 Å². The molecular formula is C18H30N4O2S. The molecule has 1 aliphatic carbocycles. The number of nitrogens with one attached hydrogen (secondary N) is 1. The SMILES string of the molecule is CCCS(=O)(=O)N1CCCC[C@@H](Nc2nccc(C3CCCC3)n2)C1. The molecular weight excluding hydrogens is 336 g/mol. The minimum absolute atomic E-state index is 0.0768. The maximum atomic E-state index is 12.4. The van der Waals surface area contributed by atoms with Gasteiger partial charge in [0.2, 0.25) is 16.0 Å². The van der Waals surface area contributed by atoms with Crippen LogP contribution in [0.25, 0.3) is 0 Å². The summed E-state index contributed by atoms with van der Waals surface area (Å²) in [5.41, 5.74) is 1.12. The molecule has 1 aromatic heterocycles. The molecule has 2 aliphatic rings. The monoisotopic (exact) mass is 366 g/mol. The maximum Gasteiger partial charge on any atom is 0.223 e. The highest BCUT2D eigenvalue weighted by Crippen LogP contribution is 2.33. The Bertz CT molecular complexity index is 659. The van der Waals surface area contributed by atoms with Crippen molar-refractivity contribution in [2.75, 3.05) is 24.2 Å². The second-order valence-corrected chi connectivity index (χ2v) is 9.39. The summed E-state index contributed by atoms with van der Waals surface area (Å²) in [5.74, 6) is 1.43. The van der Waals surface area contributed by atoms with Gasteiger partial charge in [0.1, 0.15) is 0 Å². The first kappa shape index (κ1) is 18.6. The zero-order chi connectivity index (χ0) is 17.7. The maximum absolute atomic E-state index is 12.4. The quantitative estimate of drug-likeness (QED) is 0.837. The van der Waals surface area contributed by atoms with Gasteiger partial charge in [-0.05, 0) is 38.2 Å². The van der Waals surface area contributed by atoms with Gasteiger partial charge in [0.05, 0.1) is 5.75 Å². The first-order chi connectivity index (χ1) is 12.1. The number of hydrogen-bond acceptors (Lipinski definition) is 5. The second kappa shape index (κ2) is 8.45. The van der Waals surface area contributed by atoms with E-state index in [0.717, 1.165) is 25.0 Å². The largest absolute Gasteiger partial charge is 0.350 e. The van der Waals surface area contributed by atoms with Crippen LogP contribution in [0.4, 0.5) is 5.95 Å². The van der Waals surface area contributed by atoms with E-state index >= 15 is 0 Å². The molecule has 7 heteroatoms. The number of rotatable bonds is 6. The lowest BCUT2D eigenvalue weighted by molar-refractivity contribution is 0.412. The average Bonchev–Trinajstić information content (AvgIpc) is 3.02. The van der Waals surface area contributed by atoms with Crippen LogP contribution in [0.3, 0.4) is 0 Å². The molecule has 0 amide bonds. The Morgan fingerprint density at radius 3 is 2.72 bits per heavy atom. The number of anilines is 1. The Kier molecular flexibility index (Phi) is 6.28. The standard InChI is InChI=1S/C18H30N4O2S/c1-2-13-25(23,24)22-12-6-5-9-16(14-22)20-18-19-11-10-17(21-18)15-7-3-4-8-15/h10-11,15-16H,2-9,12-14H2,1H3,(H,19,20,21)/t16-/m1/s1. The van der Waals surface area contributed by atoms with Crippen LogP contribution in [0, 0.1) is 0 Å². The molecule has 1 aliphatic heterocycles. The van der Waals surface area contributed by atoms with Crippen LogP contribution in [-0.2, 0) is 10.0 Å². The highest BCUT2D eigenvalue weighted by atomic mass is 32.2. The zero-order valence-corrected chi connectivity index (χ0v) is 16.0. The summed E-state index contributed by atoms with van der Waals surface area (Å²) in [7, 11) is -3.15. The average molecular weight is 367 g/mol. The van der Waals surface area contributed by atoms with E-state index in [1.165, 1.54) is 25.7 Å². The molecule has 1 aromatic rings. The predicted octanol–water partition coefficient (Wildman–Crippen LogP) is 3.14. The number of sulfonamides is 1. The molecule has 25 heavy (non-hydrogen) atoms. The highest BCUT2D eigenvalue weighted by molar-refractivity contribution is 7.89. The van der Waals surface area contributed by atoms with E-state index in [2.05, 4.69) is 10.3 Å². The van der Waals surface area contributed by atoms with Crippen LogP contribution >= 0.6 is 0 Å². The Labute approximate surface area is 151 Å². The molecule has 1 saturated carbocycles. The molecule has 1 saturated heterocycles. The van der Waals surface area contributed by atoms with E-state index in [1.807, 2.05) is 19.2 Å². The Morgan fingerprint density at radius 1 is 1.20 bits per heavy atom. The van der Waals surface area contributed by atoms with Crippen molar-refractivity contribution >= 4 is 16.0 Å². The van der Waals surface area contributed by atoms with Crippen molar-refractivity contribution in [1.82, 2.24) is 14.3 Å². The van der Waals surface area contributed by atoms with Gasteiger partial charge in [0.25, 0.3) is 0 Å². The first-order valence-electron chi connectivity index (χ1n) is 9.66. The van der Waals surface area contributed by atoms with Crippen LogP contribution in [0.5, 0.6) is 0 Å². The molecule has 2 heterocycles. The third kappa shape index (κ3) is 4.91. The van der Waals surface area contributed by atoms with Crippen LogP contribution in [0.1, 0.15) is 69.9 Å². The summed E-state index contributed by atoms with van der Waals surface area (Å²) >= 11 is 0. The topological polar surface area (TPSA) is 75.2 Å². The minimum Gasteiger partial charge on any atom is -0.350 e. The van der Waals surface area contributed by atoms with Gasteiger partial charge in [0.15, 0.2) is 0 Å². The van der Waals surface area contributed by atoms with Gasteiger partial charge >= 0.3 is 0 Å². The van der Waals surface area contributed by atoms with E-state index < -0.39 is 10.0 Å². The normalized spacial score (nSPS) is 23.5.